The first-order valence-electron chi connectivity index (χ1n) is 4.32. The lowest BCUT2D eigenvalue weighted by Gasteiger charge is -2.02. The molecule has 1 rings (SSSR count). The SMILES string of the molecule is C=CCOCC(=O)c1ccc(F)cc1F. The maximum Gasteiger partial charge on any atom is 0.191 e. The van der Waals surface area contributed by atoms with Crippen LogP contribution in [-0.4, -0.2) is 19.0 Å². The minimum absolute atomic E-state index is 0.166. The summed E-state index contributed by atoms with van der Waals surface area (Å²) >= 11 is 0. The van der Waals surface area contributed by atoms with Crippen LogP contribution < -0.4 is 0 Å². The highest BCUT2D eigenvalue weighted by molar-refractivity contribution is 5.97. The lowest BCUT2D eigenvalue weighted by Crippen LogP contribution is -2.11. The molecule has 15 heavy (non-hydrogen) atoms. The molecule has 0 aliphatic carbocycles. The lowest BCUT2D eigenvalue weighted by atomic mass is 10.1. The molecule has 1 aromatic carbocycles. The van der Waals surface area contributed by atoms with Crippen molar-refractivity contribution in [3.8, 4) is 0 Å². The van der Waals surface area contributed by atoms with Crippen molar-refractivity contribution in [3.63, 3.8) is 0 Å². The van der Waals surface area contributed by atoms with E-state index >= 15 is 0 Å². The van der Waals surface area contributed by atoms with Crippen LogP contribution in [0.2, 0.25) is 0 Å². The summed E-state index contributed by atoms with van der Waals surface area (Å²) in [7, 11) is 0. The predicted octanol–water partition coefficient (Wildman–Crippen LogP) is 2.35. The van der Waals surface area contributed by atoms with Crippen molar-refractivity contribution >= 4 is 5.78 Å². The summed E-state index contributed by atoms with van der Waals surface area (Å²) in [5.74, 6) is -2.10. The highest BCUT2D eigenvalue weighted by Crippen LogP contribution is 2.10. The molecule has 0 aliphatic heterocycles. The van der Waals surface area contributed by atoms with Crippen molar-refractivity contribution in [2.24, 2.45) is 0 Å². The van der Waals surface area contributed by atoms with Gasteiger partial charge in [0.05, 0.1) is 12.2 Å². The Labute approximate surface area is 86.2 Å². The van der Waals surface area contributed by atoms with Gasteiger partial charge in [0.2, 0.25) is 0 Å². The molecule has 2 nitrogen and oxygen atoms in total. The standard InChI is InChI=1S/C11H10F2O2/c1-2-5-15-7-11(14)9-4-3-8(12)6-10(9)13/h2-4,6H,1,5,7H2. The summed E-state index contributed by atoms with van der Waals surface area (Å²) in [5.41, 5.74) is -0.166. The first-order chi connectivity index (χ1) is 7.15. The fourth-order valence-corrected chi connectivity index (χ4v) is 1.03. The van der Waals surface area contributed by atoms with Crippen molar-refractivity contribution in [2.75, 3.05) is 13.2 Å². The zero-order valence-electron chi connectivity index (χ0n) is 8.00. The summed E-state index contributed by atoms with van der Waals surface area (Å²) in [5, 5.41) is 0. The van der Waals surface area contributed by atoms with E-state index in [9.17, 15) is 13.6 Å². The van der Waals surface area contributed by atoms with Crippen LogP contribution in [0.4, 0.5) is 8.78 Å². The second kappa shape index (κ2) is 5.36. The number of hydrogen-bond acceptors (Lipinski definition) is 2. The van der Waals surface area contributed by atoms with Crippen LogP contribution in [0.3, 0.4) is 0 Å². The van der Waals surface area contributed by atoms with Crippen LogP contribution in [0.25, 0.3) is 0 Å². The van der Waals surface area contributed by atoms with Gasteiger partial charge in [0.1, 0.15) is 18.2 Å². The molecule has 0 heterocycles. The van der Waals surface area contributed by atoms with Gasteiger partial charge in [-0.25, -0.2) is 8.78 Å². The van der Waals surface area contributed by atoms with Gasteiger partial charge in [-0.3, -0.25) is 4.79 Å². The van der Waals surface area contributed by atoms with E-state index < -0.39 is 17.4 Å². The molecule has 0 aromatic heterocycles. The molecule has 0 saturated heterocycles. The maximum atomic E-state index is 13.1. The molecule has 0 atom stereocenters. The van der Waals surface area contributed by atoms with Crippen molar-refractivity contribution < 1.29 is 18.3 Å². The van der Waals surface area contributed by atoms with Crippen LogP contribution in [0.5, 0.6) is 0 Å². The van der Waals surface area contributed by atoms with E-state index in [2.05, 4.69) is 6.58 Å². The minimum Gasteiger partial charge on any atom is -0.369 e. The Bertz CT molecular complexity index is 375. The second-order valence-electron chi connectivity index (χ2n) is 2.85. The normalized spacial score (nSPS) is 10.0. The average molecular weight is 212 g/mol. The highest BCUT2D eigenvalue weighted by atomic mass is 19.1. The topological polar surface area (TPSA) is 26.3 Å². The summed E-state index contributed by atoms with van der Waals surface area (Å²) < 4.78 is 30.5. The Morgan fingerprint density at radius 3 is 2.80 bits per heavy atom. The fourth-order valence-electron chi connectivity index (χ4n) is 1.03. The summed E-state index contributed by atoms with van der Waals surface area (Å²) in [4.78, 5) is 11.3. The number of Topliss-reactive ketones (excluding diaryl/α,β-unsaturated/α-hetero) is 1. The van der Waals surface area contributed by atoms with E-state index in [1.807, 2.05) is 0 Å². The maximum absolute atomic E-state index is 13.1. The Hall–Kier alpha value is -1.55. The zero-order valence-corrected chi connectivity index (χ0v) is 8.00. The predicted molar refractivity (Wildman–Crippen MR) is 51.7 cm³/mol. The van der Waals surface area contributed by atoms with E-state index in [1.54, 1.807) is 0 Å². The summed E-state index contributed by atoms with van der Waals surface area (Å²) in [6, 6.07) is 2.80. The molecule has 0 spiro atoms. The summed E-state index contributed by atoms with van der Waals surface area (Å²) in [6.45, 7) is 3.37. The molecule has 0 N–H and O–H groups in total. The quantitative estimate of drug-likeness (QED) is 0.425. The van der Waals surface area contributed by atoms with E-state index in [-0.39, 0.29) is 18.8 Å². The van der Waals surface area contributed by atoms with Gasteiger partial charge in [-0.2, -0.15) is 0 Å². The monoisotopic (exact) mass is 212 g/mol. The molecule has 0 fully saturated rings. The third-order valence-corrected chi connectivity index (χ3v) is 1.70. The zero-order chi connectivity index (χ0) is 11.3. The molecule has 80 valence electrons. The number of rotatable bonds is 5. The Balaban J connectivity index is 2.69. The van der Waals surface area contributed by atoms with E-state index in [0.717, 1.165) is 12.1 Å². The van der Waals surface area contributed by atoms with E-state index in [0.29, 0.717) is 6.07 Å². The van der Waals surface area contributed by atoms with Gasteiger partial charge in [0.15, 0.2) is 5.78 Å². The van der Waals surface area contributed by atoms with E-state index in [1.165, 1.54) is 6.08 Å². The first-order valence-corrected chi connectivity index (χ1v) is 4.32. The second-order valence-corrected chi connectivity index (χ2v) is 2.85. The number of ether oxygens (including phenoxy) is 1. The molecular formula is C11H10F2O2. The third-order valence-electron chi connectivity index (χ3n) is 1.70. The van der Waals surface area contributed by atoms with Crippen LogP contribution in [0.15, 0.2) is 30.9 Å². The summed E-state index contributed by atoms with van der Waals surface area (Å²) in [6.07, 6.45) is 1.48. The van der Waals surface area contributed by atoms with Crippen LogP contribution in [0.1, 0.15) is 10.4 Å². The highest BCUT2D eigenvalue weighted by Gasteiger charge is 2.11. The van der Waals surface area contributed by atoms with Crippen molar-refractivity contribution in [2.45, 2.75) is 0 Å². The van der Waals surface area contributed by atoms with Crippen LogP contribution in [0, 0.1) is 11.6 Å². The molecule has 0 saturated carbocycles. The van der Waals surface area contributed by atoms with Gasteiger partial charge in [0.25, 0.3) is 0 Å². The number of benzene rings is 1. The first kappa shape index (κ1) is 11.5. The van der Waals surface area contributed by atoms with Crippen molar-refractivity contribution in [1.82, 2.24) is 0 Å². The van der Waals surface area contributed by atoms with Gasteiger partial charge in [0, 0.05) is 6.07 Å². The molecule has 0 bridgehead atoms. The molecule has 1 aromatic rings. The molecule has 4 heteroatoms. The Kier molecular flexibility index (Phi) is 4.12. The number of hydrogen-bond donors (Lipinski definition) is 0. The number of ketones is 1. The Morgan fingerprint density at radius 1 is 1.47 bits per heavy atom. The number of carbonyl (C=O) groups excluding carboxylic acids is 1. The van der Waals surface area contributed by atoms with Crippen LogP contribution in [-0.2, 0) is 4.74 Å². The fraction of sp³-hybridized carbons (Fsp3) is 0.182. The molecule has 0 unspecified atom stereocenters. The Morgan fingerprint density at radius 2 is 2.20 bits per heavy atom. The smallest absolute Gasteiger partial charge is 0.191 e. The largest absolute Gasteiger partial charge is 0.369 e. The lowest BCUT2D eigenvalue weighted by molar-refractivity contribution is 0.0802. The third kappa shape index (κ3) is 3.25. The van der Waals surface area contributed by atoms with Crippen molar-refractivity contribution in [3.05, 3.63) is 48.1 Å². The van der Waals surface area contributed by atoms with Gasteiger partial charge >= 0.3 is 0 Å². The minimum atomic E-state index is -0.873. The van der Waals surface area contributed by atoms with E-state index in [4.69, 9.17) is 4.74 Å². The molecular weight excluding hydrogens is 202 g/mol. The molecule has 0 aliphatic rings. The van der Waals surface area contributed by atoms with Crippen LogP contribution >= 0.6 is 0 Å². The van der Waals surface area contributed by atoms with Crippen molar-refractivity contribution in [1.29, 1.82) is 0 Å². The number of carbonyl (C=O) groups is 1. The molecule has 0 radical (unpaired) electrons. The average Bonchev–Trinajstić information content (AvgIpc) is 2.17. The van der Waals surface area contributed by atoms with Gasteiger partial charge in [-0.15, -0.1) is 6.58 Å². The van der Waals surface area contributed by atoms with Gasteiger partial charge < -0.3 is 4.74 Å². The van der Waals surface area contributed by atoms with Gasteiger partial charge in [-0.1, -0.05) is 6.08 Å². The number of halogens is 2. The molecule has 0 amide bonds. The van der Waals surface area contributed by atoms with Gasteiger partial charge in [-0.05, 0) is 12.1 Å².